The standard InChI is InChI=1S/C22H17F4NO2/c23-15-5-3-4-14(12-15)20-13-27(21(28)19-7-2-1-6-18(19)20)16-8-10-17(11-9-16)29-22(24,25)26/h3-5,8-13H,1-2,6-7H2. The minimum absolute atomic E-state index is 0.204. The summed E-state index contributed by atoms with van der Waals surface area (Å²) in [6, 6.07) is 11.3. The first-order valence-corrected chi connectivity index (χ1v) is 9.21. The molecule has 0 spiro atoms. The normalized spacial score (nSPS) is 13.8. The summed E-state index contributed by atoms with van der Waals surface area (Å²) in [6.45, 7) is 0. The molecule has 0 aliphatic heterocycles. The van der Waals surface area contributed by atoms with Crippen LogP contribution < -0.4 is 10.3 Å². The van der Waals surface area contributed by atoms with Gasteiger partial charge in [0.05, 0.1) is 0 Å². The molecule has 1 aromatic heterocycles. The lowest BCUT2D eigenvalue weighted by molar-refractivity contribution is -0.274. The second-order valence-corrected chi connectivity index (χ2v) is 6.93. The Morgan fingerprint density at radius 3 is 2.28 bits per heavy atom. The van der Waals surface area contributed by atoms with Gasteiger partial charge in [-0.25, -0.2) is 4.39 Å². The van der Waals surface area contributed by atoms with Crippen molar-refractivity contribution in [2.75, 3.05) is 0 Å². The Balaban J connectivity index is 1.84. The maximum atomic E-state index is 13.8. The number of hydrogen-bond acceptors (Lipinski definition) is 2. The van der Waals surface area contributed by atoms with Crippen molar-refractivity contribution in [2.24, 2.45) is 0 Å². The molecular formula is C22H17F4NO2. The van der Waals surface area contributed by atoms with Gasteiger partial charge in [0.15, 0.2) is 0 Å². The Kier molecular flexibility index (Phi) is 4.90. The predicted octanol–water partition coefficient (Wildman–Crippen LogP) is 5.42. The smallest absolute Gasteiger partial charge is 0.406 e. The van der Waals surface area contributed by atoms with E-state index in [0.717, 1.165) is 42.5 Å². The molecule has 0 saturated heterocycles. The number of pyridine rings is 1. The topological polar surface area (TPSA) is 31.2 Å². The molecule has 4 rings (SSSR count). The molecule has 1 aliphatic carbocycles. The molecule has 7 heteroatoms. The van der Waals surface area contributed by atoms with Gasteiger partial charge >= 0.3 is 6.36 Å². The van der Waals surface area contributed by atoms with E-state index in [1.165, 1.54) is 28.8 Å². The van der Waals surface area contributed by atoms with Crippen molar-refractivity contribution in [3.63, 3.8) is 0 Å². The van der Waals surface area contributed by atoms with Crippen LogP contribution in [0.4, 0.5) is 17.6 Å². The summed E-state index contributed by atoms with van der Waals surface area (Å²) >= 11 is 0. The molecule has 1 heterocycles. The Morgan fingerprint density at radius 1 is 0.931 bits per heavy atom. The van der Waals surface area contributed by atoms with Gasteiger partial charge in [-0.1, -0.05) is 12.1 Å². The first-order valence-electron chi connectivity index (χ1n) is 9.21. The number of nitrogens with zero attached hydrogens (tertiary/aromatic N) is 1. The van der Waals surface area contributed by atoms with Crippen LogP contribution in [-0.4, -0.2) is 10.9 Å². The maximum absolute atomic E-state index is 13.8. The van der Waals surface area contributed by atoms with Crippen LogP contribution in [0.2, 0.25) is 0 Å². The first kappa shape index (κ1) is 19.2. The maximum Gasteiger partial charge on any atom is 0.573 e. The van der Waals surface area contributed by atoms with Crippen molar-refractivity contribution in [1.82, 2.24) is 4.57 Å². The Bertz CT molecular complexity index is 1100. The number of halogens is 4. The summed E-state index contributed by atoms with van der Waals surface area (Å²) in [6.07, 6.45) is 0.0350. The van der Waals surface area contributed by atoms with Crippen LogP contribution in [0.3, 0.4) is 0 Å². The number of hydrogen-bond donors (Lipinski definition) is 0. The zero-order chi connectivity index (χ0) is 20.6. The van der Waals surface area contributed by atoms with Crippen LogP contribution >= 0.6 is 0 Å². The van der Waals surface area contributed by atoms with E-state index in [0.29, 0.717) is 23.2 Å². The molecule has 150 valence electrons. The zero-order valence-electron chi connectivity index (χ0n) is 15.3. The van der Waals surface area contributed by atoms with Crippen LogP contribution in [0, 0.1) is 5.82 Å². The third-order valence-corrected chi connectivity index (χ3v) is 5.01. The number of rotatable bonds is 3. The van der Waals surface area contributed by atoms with Crippen molar-refractivity contribution < 1.29 is 22.3 Å². The van der Waals surface area contributed by atoms with E-state index >= 15 is 0 Å². The largest absolute Gasteiger partial charge is 0.573 e. The molecule has 0 atom stereocenters. The van der Waals surface area contributed by atoms with Crippen LogP contribution in [-0.2, 0) is 12.8 Å². The van der Waals surface area contributed by atoms with E-state index in [-0.39, 0.29) is 17.1 Å². The van der Waals surface area contributed by atoms with E-state index in [4.69, 9.17) is 0 Å². The molecule has 0 N–H and O–H groups in total. The lowest BCUT2D eigenvalue weighted by Gasteiger charge is -2.22. The molecule has 0 radical (unpaired) electrons. The monoisotopic (exact) mass is 403 g/mol. The van der Waals surface area contributed by atoms with Gasteiger partial charge in [-0.05, 0) is 73.2 Å². The van der Waals surface area contributed by atoms with Crippen molar-refractivity contribution in [3.8, 4) is 22.6 Å². The minimum atomic E-state index is -4.78. The summed E-state index contributed by atoms with van der Waals surface area (Å²) in [7, 11) is 0. The summed E-state index contributed by atoms with van der Waals surface area (Å²) < 4.78 is 56.2. The second kappa shape index (κ2) is 7.39. The Morgan fingerprint density at radius 2 is 1.62 bits per heavy atom. The molecule has 2 aromatic carbocycles. The lowest BCUT2D eigenvalue weighted by Crippen LogP contribution is -2.26. The average Bonchev–Trinajstić information content (AvgIpc) is 2.68. The van der Waals surface area contributed by atoms with Gasteiger partial charge < -0.3 is 4.74 Å². The van der Waals surface area contributed by atoms with Crippen LogP contribution in [0.5, 0.6) is 5.75 Å². The fraction of sp³-hybridized carbons (Fsp3) is 0.227. The number of ether oxygens (including phenoxy) is 1. The number of aromatic nitrogens is 1. The quantitative estimate of drug-likeness (QED) is 0.547. The molecule has 0 saturated carbocycles. The average molecular weight is 403 g/mol. The number of fused-ring (bicyclic) bond motifs is 1. The highest BCUT2D eigenvalue weighted by Gasteiger charge is 2.31. The highest BCUT2D eigenvalue weighted by atomic mass is 19.4. The highest BCUT2D eigenvalue weighted by Crippen LogP contribution is 2.31. The number of alkyl halides is 3. The molecule has 3 aromatic rings. The summed E-state index contributed by atoms with van der Waals surface area (Å²) in [4.78, 5) is 13.1. The third-order valence-electron chi connectivity index (χ3n) is 5.01. The van der Waals surface area contributed by atoms with Crippen LogP contribution in [0.1, 0.15) is 24.0 Å². The minimum Gasteiger partial charge on any atom is -0.406 e. The highest BCUT2D eigenvalue weighted by molar-refractivity contribution is 5.69. The van der Waals surface area contributed by atoms with Gasteiger partial charge in [0.1, 0.15) is 11.6 Å². The lowest BCUT2D eigenvalue weighted by atomic mass is 9.87. The van der Waals surface area contributed by atoms with Gasteiger partial charge in [-0.2, -0.15) is 0 Å². The molecular weight excluding hydrogens is 386 g/mol. The van der Waals surface area contributed by atoms with E-state index in [9.17, 15) is 22.4 Å². The summed E-state index contributed by atoms with van der Waals surface area (Å²) in [5.74, 6) is -0.740. The molecule has 0 unspecified atom stereocenters. The Hall–Kier alpha value is -3.09. The van der Waals surface area contributed by atoms with Crippen molar-refractivity contribution in [3.05, 3.63) is 82.0 Å². The fourth-order valence-electron chi connectivity index (χ4n) is 3.75. The van der Waals surface area contributed by atoms with Gasteiger partial charge in [0, 0.05) is 23.0 Å². The van der Waals surface area contributed by atoms with Gasteiger partial charge in [-0.3, -0.25) is 9.36 Å². The first-order chi connectivity index (χ1) is 13.8. The Labute approximate surface area is 164 Å². The van der Waals surface area contributed by atoms with Crippen molar-refractivity contribution in [1.29, 1.82) is 0 Å². The molecule has 0 bridgehead atoms. The molecule has 1 aliphatic rings. The van der Waals surface area contributed by atoms with E-state index < -0.39 is 6.36 Å². The third kappa shape index (κ3) is 4.04. The molecule has 3 nitrogen and oxygen atoms in total. The molecule has 0 amide bonds. The van der Waals surface area contributed by atoms with Crippen molar-refractivity contribution in [2.45, 2.75) is 32.0 Å². The zero-order valence-corrected chi connectivity index (χ0v) is 15.3. The van der Waals surface area contributed by atoms with E-state index in [2.05, 4.69) is 4.74 Å². The van der Waals surface area contributed by atoms with Crippen LogP contribution in [0.15, 0.2) is 59.5 Å². The van der Waals surface area contributed by atoms with Crippen molar-refractivity contribution >= 4 is 0 Å². The predicted molar refractivity (Wildman–Crippen MR) is 101 cm³/mol. The van der Waals surface area contributed by atoms with Gasteiger partial charge in [0.2, 0.25) is 0 Å². The fourth-order valence-corrected chi connectivity index (χ4v) is 3.75. The van der Waals surface area contributed by atoms with Crippen LogP contribution in [0.25, 0.3) is 16.8 Å². The summed E-state index contributed by atoms with van der Waals surface area (Å²) in [5.41, 5.74) is 3.22. The molecule has 29 heavy (non-hydrogen) atoms. The van der Waals surface area contributed by atoms with Gasteiger partial charge in [0.25, 0.3) is 5.56 Å². The number of benzene rings is 2. The molecule has 0 fully saturated rings. The SMILES string of the molecule is O=c1c2c(c(-c3cccc(F)c3)cn1-c1ccc(OC(F)(F)F)cc1)CCCC2. The van der Waals surface area contributed by atoms with E-state index in [1.807, 2.05) is 0 Å². The second-order valence-electron chi connectivity index (χ2n) is 6.93. The summed E-state index contributed by atoms with van der Waals surface area (Å²) in [5, 5.41) is 0. The van der Waals surface area contributed by atoms with Gasteiger partial charge in [-0.15, -0.1) is 13.2 Å². The van der Waals surface area contributed by atoms with E-state index in [1.54, 1.807) is 18.3 Å².